The predicted molar refractivity (Wildman–Crippen MR) is 66.7 cm³/mol. The Hall–Kier alpha value is -1.13. The number of ketones is 1. The maximum absolute atomic E-state index is 11.4. The average molecular weight is 300 g/mol. The van der Waals surface area contributed by atoms with Crippen molar-refractivity contribution in [3.63, 3.8) is 0 Å². The fraction of sp³-hybridized carbons (Fsp3) is 0.0909. The van der Waals surface area contributed by atoms with Gasteiger partial charge in [0.25, 0.3) is 0 Å². The minimum absolute atomic E-state index is 0.0130. The van der Waals surface area contributed by atoms with Crippen LogP contribution in [0.25, 0.3) is 5.69 Å². The summed E-state index contributed by atoms with van der Waals surface area (Å²) in [5, 5.41) is 0.832. The van der Waals surface area contributed by atoms with Crippen LogP contribution in [0.1, 0.15) is 10.4 Å². The lowest BCUT2D eigenvalue weighted by Gasteiger charge is -2.06. The summed E-state index contributed by atoms with van der Waals surface area (Å²) >= 11 is 9.23. The molecule has 0 bridgehead atoms. The molecule has 3 nitrogen and oxygen atoms in total. The van der Waals surface area contributed by atoms with Gasteiger partial charge in [0.2, 0.25) is 0 Å². The fourth-order valence-electron chi connectivity index (χ4n) is 1.37. The topological polar surface area (TPSA) is 34.9 Å². The van der Waals surface area contributed by atoms with Crippen LogP contribution in [-0.2, 0) is 0 Å². The van der Waals surface area contributed by atoms with Crippen molar-refractivity contribution in [2.45, 2.75) is 0 Å². The zero-order valence-electron chi connectivity index (χ0n) is 8.23. The smallest absolute Gasteiger partial charge is 0.173 e. The van der Waals surface area contributed by atoms with E-state index >= 15 is 0 Å². The summed E-state index contributed by atoms with van der Waals surface area (Å²) in [5.41, 5.74) is 1.41. The molecule has 0 saturated carbocycles. The van der Waals surface area contributed by atoms with Gasteiger partial charge in [-0.1, -0.05) is 27.5 Å². The van der Waals surface area contributed by atoms with Crippen molar-refractivity contribution in [3.05, 3.63) is 47.5 Å². The average Bonchev–Trinajstić information content (AvgIpc) is 2.81. The Kier molecular flexibility index (Phi) is 3.41. The summed E-state index contributed by atoms with van der Waals surface area (Å²) in [6.07, 6.45) is 5.13. The van der Waals surface area contributed by atoms with Gasteiger partial charge in [-0.3, -0.25) is 4.79 Å². The fourth-order valence-corrected chi connectivity index (χ4v) is 1.97. The Morgan fingerprint density at radius 2 is 2.31 bits per heavy atom. The third kappa shape index (κ3) is 2.18. The molecule has 0 unspecified atom stereocenters. The lowest BCUT2D eigenvalue weighted by atomic mass is 10.1. The van der Waals surface area contributed by atoms with E-state index < -0.39 is 0 Å². The number of Topliss-reactive ketones (excluding diaryl/α,β-unsaturated/α-hetero) is 1. The SMILES string of the molecule is O=C(CBr)c1ccc(-n2ccnc2)c(Cl)c1. The van der Waals surface area contributed by atoms with Gasteiger partial charge < -0.3 is 4.57 Å². The number of halogens is 2. The molecule has 82 valence electrons. The number of alkyl halides is 1. The second-order valence-corrected chi connectivity index (χ2v) is 4.16. The first-order chi connectivity index (χ1) is 7.72. The maximum atomic E-state index is 11.4. The number of carbonyl (C=O) groups is 1. The molecule has 0 N–H and O–H groups in total. The van der Waals surface area contributed by atoms with E-state index in [1.54, 1.807) is 41.5 Å². The number of rotatable bonds is 3. The monoisotopic (exact) mass is 298 g/mol. The standard InChI is InChI=1S/C11H8BrClN2O/c12-6-11(16)8-1-2-10(9(13)5-8)15-4-3-14-7-15/h1-5,7H,6H2. The van der Waals surface area contributed by atoms with E-state index in [2.05, 4.69) is 20.9 Å². The van der Waals surface area contributed by atoms with Crippen molar-refractivity contribution >= 4 is 33.3 Å². The van der Waals surface area contributed by atoms with Crippen molar-refractivity contribution in [1.82, 2.24) is 9.55 Å². The number of benzene rings is 1. The first kappa shape index (κ1) is 11.4. The van der Waals surface area contributed by atoms with Crippen LogP contribution < -0.4 is 0 Å². The Labute approximate surface area is 106 Å². The molecule has 2 rings (SSSR count). The molecule has 16 heavy (non-hydrogen) atoms. The van der Waals surface area contributed by atoms with Crippen LogP contribution in [0.15, 0.2) is 36.9 Å². The number of nitrogens with zero attached hydrogens (tertiary/aromatic N) is 2. The normalized spacial score (nSPS) is 10.4. The van der Waals surface area contributed by atoms with Gasteiger partial charge in [0.1, 0.15) is 0 Å². The largest absolute Gasteiger partial charge is 0.305 e. The molecule has 2 aromatic rings. The van der Waals surface area contributed by atoms with E-state index in [-0.39, 0.29) is 5.78 Å². The van der Waals surface area contributed by atoms with Gasteiger partial charge in [-0.15, -0.1) is 0 Å². The second kappa shape index (κ2) is 4.80. The van der Waals surface area contributed by atoms with Gasteiger partial charge in [0.05, 0.1) is 22.4 Å². The number of carbonyl (C=O) groups excluding carboxylic acids is 1. The molecule has 1 aromatic carbocycles. The van der Waals surface area contributed by atoms with Gasteiger partial charge in [-0.05, 0) is 18.2 Å². The van der Waals surface area contributed by atoms with Crippen molar-refractivity contribution < 1.29 is 4.79 Å². The molecular formula is C11H8BrClN2O. The summed E-state index contributed by atoms with van der Waals surface area (Å²) < 4.78 is 1.80. The van der Waals surface area contributed by atoms with Gasteiger partial charge in [-0.25, -0.2) is 4.98 Å². The van der Waals surface area contributed by atoms with E-state index in [9.17, 15) is 4.79 Å². The van der Waals surface area contributed by atoms with E-state index in [0.717, 1.165) is 5.69 Å². The molecule has 0 spiro atoms. The molecule has 1 heterocycles. The van der Waals surface area contributed by atoms with Crippen molar-refractivity contribution in [1.29, 1.82) is 0 Å². The zero-order chi connectivity index (χ0) is 11.5. The Balaban J connectivity index is 2.41. The molecule has 0 aliphatic heterocycles. The first-order valence-electron chi connectivity index (χ1n) is 4.59. The molecule has 1 aromatic heterocycles. The molecule has 0 saturated heterocycles. The molecular weight excluding hydrogens is 291 g/mol. The summed E-state index contributed by atoms with van der Waals surface area (Å²) in [4.78, 5) is 15.4. The number of aromatic nitrogens is 2. The molecule has 0 amide bonds. The highest BCUT2D eigenvalue weighted by Gasteiger charge is 2.08. The minimum Gasteiger partial charge on any atom is -0.305 e. The molecule has 0 radical (unpaired) electrons. The third-order valence-electron chi connectivity index (χ3n) is 2.17. The van der Waals surface area contributed by atoms with Gasteiger partial charge in [0.15, 0.2) is 5.78 Å². The van der Waals surface area contributed by atoms with E-state index in [0.29, 0.717) is 15.9 Å². The molecule has 0 aliphatic rings. The van der Waals surface area contributed by atoms with E-state index in [1.165, 1.54) is 0 Å². The molecule has 5 heteroatoms. The predicted octanol–water partition coefficient (Wildman–Crippen LogP) is 3.10. The highest BCUT2D eigenvalue weighted by molar-refractivity contribution is 9.09. The van der Waals surface area contributed by atoms with Crippen molar-refractivity contribution in [2.24, 2.45) is 0 Å². The van der Waals surface area contributed by atoms with E-state index in [4.69, 9.17) is 11.6 Å². The van der Waals surface area contributed by atoms with Crippen LogP contribution in [0.3, 0.4) is 0 Å². The number of hydrogen-bond donors (Lipinski definition) is 0. The van der Waals surface area contributed by atoms with Crippen molar-refractivity contribution in [3.8, 4) is 5.69 Å². The summed E-state index contributed by atoms with van der Waals surface area (Å²) in [5.74, 6) is 0.0130. The molecule has 0 fully saturated rings. The highest BCUT2D eigenvalue weighted by Crippen LogP contribution is 2.22. The summed E-state index contributed by atoms with van der Waals surface area (Å²) in [7, 11) is 0. The summed E-state index contributed by atoms with van der Waals surface area (Å²) in [6.45, 7) is 0. The van der Waals surface area contributed by atoms with Gasteiger partial charge >= 0.3 is 0 Å². The lowest BCUT2D eigenvalue weighted by molar-refractivity contribution is 0.102. The number of imidazole rings is 1. The lowest BCUT2D eigenvalue weighted by Crippen LogP contribution is -2.01. The molecule has 0 aliphatic carbocycles. The maximum Gasteiger partial charge on any atom is 0.173 e. The first-order valence-corrected chi connectivity index (χ1v) is 6.09. The second-order valence-electron chi connectivity index (χ2n) is 3.19. The summed E-state index contributed by atoms with van der Waals surface area (Å²) in [6, 6.07) is 5.23. The Morgan fingerprint density at radius 1 is 1.50 bits per heavy atom. The van der Waals surface area contributed by atoms with Crippen LogP contribution in [0.5, 0.6) is 0 Å². The van der Waals surface area contributed by atoms with Crippen LogP contribution >= 0.6 is 27.5 Å². The van der Waals surface area contributed by atoms with Crippen molar-refractivity contribution in [2.75, 3.05) is 5.33 Å². The number of hydrogen-bond acceptors (Lipinski definition) is 2. The van der Waals surface area contributed by atoms with Crippen LogP contribution in [-0.4, -0.2) is 20.7 Å². The van der Waals surface area contributed by atoms with Gasteiger partial charge in [0, 0.05) is 18.0 Å². The Bertz CT molecular complexity index is 511. The quantitative estimate of drug-likeness (QED) is 0.645. The zero-order valence-corrected chi connectivity index (χ0v) is 10.6. The van der Waals surface area contributed by atoms with E-state index in [1.807, 2.05) is 0 Å². The van der Waals surface area contributed by atoms with Crippen LogP contribution in [0.4, 0.5) is 0 Å². The van der Waals surface area contributed by atoms with Gasteiger partial charge in [-0.2, -0.15) is 0 Å². The minimum atomic E-state index is 0.0130. The van der Waals surface area contributed by atoms with Crippen LogP contribution in [0.2, 0.25) is 5.02 Å². The molecule has 0 atom stereocenters. The Morgan fingerprint density at radius 3 is 2.88 bits per heavy atom. The van der Waals surface area contributed by atoms with Crippen LogP contribution in [0, 0.1) is 0 Å². The third-order valence-corrected chi connectivity index (χ3v) is 2.99. The highest BCUT2D eigenvalue weighted by atomic mass is 79.9.